The quantitative estimate of drug-likeness (QED) is 0.327. The summed E-state index contributed by atoms with van der Waals surface area (Å²) in [5, 5.41) is 31.1. The molecule has 0 saturated carbocycles. The number of amides is 1. The maximum absolute atomic E-state index is 12.8. The Balaban J connectivity index is 1.97. The van der Waals surface area contributed by atoms with Crippen LogP contribution in [0.1, 0.15) is 49.8 Å². The van der Waals surface area contributed by atoms with E-state index >= 15 is 0 Å². The standard InChI is InChI=1S/C27H37N5O4/c1-5-10-30-27(34)26(29)32(20-8-6-19(7-9-20)17-31-11-13-36-14-12-31)25(28)22-15-21(18(2)3)24(35-4)16-23(22)33/h6-9,15-16,18,28-29,33H,5,10-14,17H2,1-4H3,(H,30,34). The van der Waals surface area contributed by atoms with Gasteiger partial charge in [-0.2, -0.15) is 0 Å². The molecule has 194 valence electrons. The average molecular weight is 496 g/mol. The van der Waals surface area contributed by atoms with Crippen molar-refractivity contribution in [2.24, 2.45) is 0 Å². The molecule has 0 aromatic heterocycles. The van der Waals surface area contributed by atoms with E-state index in [1.54, 1.807) is 18.2 Å². The van der Waals surface area contributed by atoms with Gasteiger partial charge in [0.05, 0.1) is 25.9 Å². The molecule has 0 unspecified atom stereocenters. The number of phenolic OH excluding ortho intramolecular Hbond substituents is 1. The number of ether oxygens (including phenoxy) is 2. The lowest BCUT2D eigenvalue weighted by Gasteiger charge is -2.28. The van der Waals surface area contributed by atoms with Gasteiger partial charge in [-0.3, -0.25) is 25.4 Å². The molecule has 0 bridgehead atoms. The molecular weight excluding hydrogens is 458 g/mol. The largest absolute Gasteiger partial charge is 0.507 e. The molecule has 4 N–H and O–H groups in total. The van der Waals surface area contributed by atoms with E-state index in [-0.39, 0.29) is 23.1 Å². The van der Waals surface area contributed by atoms with Crippen molar-refractivity contribution in [3.63, 3.8) is 0 Å². The summed E-state index contributed by atoms with van der Waals surface area (Å²) in [5.74, 6) is -0.709. The Labute approximate surface area is 213 Å². The van der Waals surface area contributed by atoms with Gasteiger partial charge in [0.1, 0.15) is 17.3 Å². The van der Waals surface area contributed by atoms with Gasteiger partial charge in [-0.1, -0.05) is 32.9 Å². The maximum atomic E-state index is 12.8. The number of carbonyl (C=O) groups is 1. The zero-order valence-corrected chi connectivity index (χ0v) is 21.6. The first-order valence-corrected chi connectivity index (χ1v) is 12.3. The topological polar surface area (TPSA) is 122 Å². The van der Waals surface area contributed by atoms with Crippen molar-refractivity contribution in [2.75, 3.05) is 44.9 Å². The third-order valence-electron chi connectivity index (χ3n) is 6.13. The Bertz CT molecular complexity index is 1080. The molecule has 0 spiro atoms. The maximum Gasteiger partial charge on any atom is 0.287 e. The predicted molar refractivity (Wildman–Crippen MR) is 142 cm³/mol. The number of aromatic hydroxyl groups is 1. The zero-order chi connectivity index (χ0) is 26.2. The highest BCUT2D eigenvalue weighted by molar-refractivity contribution is 6.48. The molecule has 0 aliphatic carbocycles. The van der Waals surface area contributed by atoms with Gasteiger partial charge in [-0.05, 0) is 41.7 Å². The van der Waals surface area contributed by atoms with Crippen molar-refractivity contribution < 1.29 is 19.4 Å². The summed E-state index contributed by atoms with van der Waals surface area (Å²) < 4.78 is 10.8. The number of hydrogen-bond acceptors (Lipinski definition) is 7. The number of carbonyl (C=O) groups excluding carboxylic acids is 1. The monoisotopic (exact) mass is 495 g/mol. The van der Waals surface area contributed by atoms with E-state index in [1.807, 2.05) is 32.9 Å². The van der Waals surface area contributed by atoms with Gasteiger partial charge in [-0.15, -0.1) is 0 Å². The normalized spacial score (nSPS) is 13.9. The van der Waals surface area contributed by atoms with Gasteiger partial charge in [0.15, 0.2) is 5.84 Å². The van der Waals surface area contributed by atoms with E-state index in [0.717, 1.165) is 50.4 Å². The van der Waals surface area contributed by atoms with E-state index in [0.29, 0.717) is 18.0 Å². The van der Waals surface area contributed by atoms with Crippen LogP contribution in [0.25, 0.3) is 0 Å². The molecule has 2 aromatic rings. The van der Waals surface area contributed by atoms with Crippen LogP contribution in [0.4, 0.5) is 5.69 Å². The first-order valence-electron chi connectivity index (χ1n) is 12.3. The molecule has 1 heterocycles. The van der Waals surface area contributed by atoms with Gasteiger partial charge in [0.25, 0.3) is 5.91 Å². The molecule has 1 fully saturated rings. The van der Waals surface area contributed by atoms with E-state index in [2.05, 4.69) is 10.2 Å². The van der Waals surface area contributed by atoms with Crippen LogP contribution in [0.5, 0.6) is 11.5 Å². The van der Waals surface area contributed by atoms with Crippen LogP contribution in [0.15, 0.2) is 36.4 Å². The van der Waals surface area contributed by atoms with E-state index in [9.17, 15) is 9.90 Å². The smallest absolute Gasteiger partial charge is 0.287 e. The lowest BCUT2D eigenvalue weighted by Crippen LogP contribution is -2.46. The van der Waals surface area contributed by atoms with Crippen molar-refractivity contribution >= 4 is 23.3 Å². The second-order valence-corrected chi connectivity index (χ2v) is 9.11. The number of phenols is 1. The van der Waals surface area contributed by atoms with Crippen molar-refractivity contribution in [1.29, 1.82) is 10.8 Å². The van der Waals surface area contributed by atoms with E-state index < -0.39 is 11.7 Å². The van der Waals surface area contributed by atoms with Gasteiger partial charge < -0.3 is 19.9 Å². The highest BCUT2D eigenvalue weighted by Crippen LogP contribution is 2.34. The van der Waals surface area contributed by atoms with Gasteiger partial charge >= 0.3 is 0 Å². The molecule has 1 amide bonds. The molecule has 0 radical (unpaired) electrons. The zero-order valence-electron chi connectivity index (χ0n) is 21.6. The van der Waals surface area contributed by atoms with Crippen molar-refractivity contribution in [3.8, 4) is 11.5 Å². The molecule has 3 rings (SSSR count). The highest BCUT2D eigenvalue weighted by atomic mass is 16.5. The number of anilines is 1. The number of benzene rings is 2. The third-order valence-corrected chi connectivity index (χ3v) is 6.13. The number of hydrogen-bond donors (Lipinski definition) is 4. The molecule has 1 saturated heterocycles. The van der Waals surface area contributed by atoms with Crippen LogP contribution in [0, 0.1) is 10.8 Å². The van der Waals surface area contributed by atoms with E-state index in [4.69, 9.17) is 20.3 Å². The number of amidine groups is 2. The van der Waals surface area contributed by atoms with Crippen molar-refractivity contribution in [3.05, 3.63) is 53.1 Å². The minimum Gasteiger partial charge on any atom is -0.507 e. The highest BCUT2D eigenvalue weighted by Gasteiger charge is 2.27. The molecule has 1 aliphatic rings. The Morgan fingerprint density at radius 2 is 1.86 bits per heavy atom. The van der Waals surface area contributed by atoms with Crippen LogP contribution in [0.3, 0.4) is 0 Å². The number of nitrogens with zero attached hydrogens (tertiary/aromatic N) is 2. The number of nitrogens with one attached hydrogen (secondary N) is 3. The fourth-order valence-electron chi connectivity index (χ4n) is 4.09. The summed E-state index contributed by atoms with van der Waals surface area (Å²) in [6.07, 6.45) is 0.726. The SMILES string of the molecule is CCCNC(=O)C(=N)N(C(=N)c1cc(C(C)C)c(OC)cc1O)c1ccc(CN2CCOCC2)cc1. The predicted octanol–water partition coefficient (Wildman–Crippen LogP) is 3.69. The fourth-order valence-corrected chi connectivity index (χ4v) is 4.09. The number of morpholine rings is 1. The van der Waals surface area contributed by atoms with Gasteiger partial charge in [0.2, 0.25) is 0 Å². The summed E-state index contributed by atoms with van der Waals surface area (Å²) in [6, 6.07) is 10.7. The summed E-state index contributed by atoms with van der Waals surface area (Å²) in [6.45, 7) is 10.3. The molecule has 0 atom stereocenters. The second kappa shape index (κ2) is 12.5. The van der Waals surface area contributed by atoms with Gasteiger partial charge in [-0.25, -0.2) is 0 Å². The minimum absolute atomic E-state index is 0.0762. The molecule has 9 heteroatoms. The third kappa shape index (κ3) is 6.41. The minimum atomic E-state index is -0.587. The molecule has 1 aliphatic heterocycles. The first-order chi connectivity index (χ1) is 17.3. The van der Waals surface area contributed by atoms with Crippen LogP contribution >= 0.6 is 0 Å². The summed E-state index contributed by atoms with van der Waals surface area (Å²) >= 11 is 0. The molecular formula is C27H37N5O4. The molecule has 2 aromatic carbocycles. The molecule has 36 heavy (non-hydrogen) atoms. The van der Waals surface area contributed by atoms with Gasteiger partial charge in [0, 0.05) is 37.9 Å². The summed E-state index contributed by atoms with van der Waals surface area (Å²) in [4.78, 5) is 16.3. The number of methoxy groups -OCH3 is 1. The number of rotatable bonds is 8. The Morgan fingerprint density at radius 1 is 1.19 bits per heavy atom. The fraction of sp³-hybridized carbons (Fsp3) is 0.444. The van der Waals surface area contributed by atoms with Crippen molar-refractivity contribution in [2.45, 2.75) is 39.7 Å². The summed E-state index contributed by atoms with van der Waals surface area (Å²) in [7, 11) is 1.53. The van der Waals surface area contributed by atoms with Crippen LogP contribution < -0.4 is 15.0 Å². The van der Waals surface area contributed by atoms with Crippen LogP contribution in [-0.4, -0.2) is 67.5 Å². The second-order valence-electron chi connectivity index (χ2n) is 9.11. The Kier molecular flexibility index (Phi) is 9.44. The lowest BCUT2D eigenvalue weighted by molar-refractivity contribution is -0.114. The van der Waals surface area contributed by atoms with Crippen molar-refractivity contribution in [1.82, 2.24) is 10.2 Å². The lowest BCUT2D eigenvalue weighted by atomic mass is 9.97. The van der Waals surface area contributed by atoms with E-state index in [1.165, 1.54) is 18.1 Å². The Hall–Kier alpha value is -3.43. The van der Waals surface area contributed by atoms with Crippen LogP contribution in [-0.2, 0) is 16.1 Å². The Morgan fingerprint density at radius 3 is 2.44 bits per heavy atom. The molecule has 9 nitrogen and oxygen atoms in total. The average Bonchev–Trinajstić information content (AvgIpc) is 2.88. The first kappa shape index (κ1) is 27.2. The van der Waals surface area contributed by atoms with Crippen LogP contribution in [0.2, 0.25) is 0 Å². The summed E-state index contributed by atoms with van der Waals surface area (Å²) in [5.41, 5.74) is 2.61.